The zero-order chi connectivity index (χ0) is 15.8. The van der Waals surface area contributed by atoms with Gasteiger partial charge in [0.05, 0.1) is 14.2 Å². The molecule has 0 saturated heterocycles. The second kappa shape index (κ2) is 7.98. The van der Waals surface area contributed by atoms with E-state index in [9.17, 15) is 0 Å². The van der Waals surface area contributed by atoms with Gasteiger partial charge in [-0.2, -0.15) is 0 Å². The molecular formula is C18H21NO3. The molecular weight excluding hydrogens is 278 g/mol. The number of rotatable bonds is 8. The van der Waals surface area contributed by atoms with Crippen LogP contribution in [0.25, 0.3) is 0 Å². The van der Waals surface area contributed by atoms with Gasteiger partial charge >= 0.3 is 0 Å². The molecule has 2 aromatic carbocycles. The molecule has 2 aromatic rings. The SMILES string of the molecule is C=CCOc1ccc(CNc2ccc(OC)cc2)cc1OC. The molecule has 0 aromatic heterocycles. The average Bonchev–Trinajstić information content (AvgIpc) is 2.58. The predicted octanol–water partition coefficient (Wildman–Crippen LogP) is 3.88. The molecule has 0 atom stereocenters. The van der Waals surface area contributed by atoms with E-state index < -0.39 is 0 Å². The van der Waals surface area contributed by atoms with Crippen molar-refractivity contribution in [3.05, 3.63) is 60.7 Å². The Morgan fingerprint density at radius 3 is 2.41 bits per heavy atom. The van der Waals surface area contributed by atoms with Crippen LogP contribution in [0.5, 0.6) is 17.2 Å². The van der Waals surface area contributed by atoms with Gasteiger partial charge in [0.2, 0.25) is 0 Å². The molecule has 0 amide bonds. The minimum absolute atomic E-state index is 0.458. The minimum Gasteiger partial charge on any atom is -0.497 e. The Labute approximate surface area is 131 Å². The number of ether oxygens (including phenoxy) is 3. The van der Waals surface area contributed by atoms with Crippen LogP contribution >= 0.6 is 0 Å². The van der Waals surface area contributed by atoms with Crippen molar-refractivity contribution in [2.75, 3.05) is 26.1 Å². The van der Waals surface area contributed by atoms with Gasteiger partial charge in [-0.15, -0.1) is 0 Å². The number of benzene rings is 2. The second-order valence-electron chi connectivity index (χ2n) is 4.67. The Morgan fingerprint density at radius 2 is 1.77 bits per heavy atom. The molecule has 0 aliphatic rings. The third kappa shape index (κ3) is 4.19. The first-order valence-electron chi connectivity index (χ1n) is 7.05. The van der Waals surface area contributed by atoms with Gasteiger partial charge in [0.1, 0.15) is 12.4 Å². The Kier molecular flexibility index (Phi) is 5.72. The Hall–Kier alpha value is -2.62. The van der Waals surface area contributed by atoms with Gasteiger partial charge < -0.3 is 19.5 Å². The maximum atomic E-state index is 5.54. The van der Waals surface area contributed by atoms with Crippen molar-refractivity contribution in [3.63, 3.8) is 0 Å². The van der Waals surface area contributed by atoms with E-state index in [2.05, 4.69) is 11.9 Å². The summed E-state index contributed by atoms with van der Waals surface area (Å²) in [5.74, 6) is 2.28. The Morgan fingerprint density at radius 1 is 1.00 bits per heavy atom. The summed E-state index contributed by atoms with van der Waals surface area (Å²) in [4.78, 5) is 0. The number of hydrogen-bond donors (Lipinski definition) is 1. The van der Waals surface area contributed by atoms with E-state index in [-0.39, 0.29) is 0 Å². The van der Waals surface area contributed by atoms with E-state index in [4.69, 9.17) is 14.2 Å². The van der Waals surface area contributed by atoms with Gasteiger partial charge in [0.15, 0.2) is 11.5 Å². The zero-order valence-corrected chi connectivity index (χ0v) is 13.0. The van der Waals surface area contributed by atoms with Crippen molar-refractivity contribution in [1.29, 1.82) is 0 Å². The Balaban J connectivity index is 2.01. The highest BCUT2D eigenvalue weighted by atomic mass is 16.5. The maximum Gasteiger partial charge on any atom is 0.161 e. The number of hydrogen-bond acceptors (Lipinski definition) is 4. The highest BCUT2D eigenvalue weighted by molar-refractivity contribution is 5.48. The number of methoxy groups -OCH3 is 2. The third-order valence-corrected chi connectivity index (χ3v) is 3.17. The minimum atomic E-state index is 0.458. The van der Waals surface area contributed by atoms with Crippen LogP contribution in [0.2, 0.25) is 0 Å². The molecule has 2 rings (SSSR count). The molecule has 116 valence electrons. The molecule has 0 fully saturated rings. The predicted molar refractivity (Wildman–Crippen MR) is 89.0 cm³/mol. The van der Waals surface area contributed by atoms with E-state index in [1.807, 2.05) is 42.5 Å². The standard InChI is InChI=1S/C18H21NO3/c1-4-11-22-17-10-5-14(12-18(17)21-3)13-19-15-6-8-16(20-2)9-7-15/h4-10,12,19H,1,11,13H2,2-3H3. The van der Waals surface area contributed by atoms with Crippen LogP contribution in [0.1, 0.15) is 5.56 Å². The lowest BCUT2D eigenvalue weighted by molar-refractivity contribution is 0.326. The van der Waals surface area contributed by atoms with Crippen molar-refractivity contribution < 1.29 is 14.2 Å². The summed E-state index contributed by atoms with van der Waals surface area (Å²) < 4.78 is 16.0. The molecule has 0 spiro atoms. The molecule has 4 heteroatoms. The van der Waals surface area contributed by atoms with Crippen molar-refractivity contribution in [3.8, 4) is 17.2 Å². The van der Waals surface area contributed by atoms with Crippen LogP contribution in [0.15, 0.2) is 55.1 Å². The van der Waals surface area contributed by atoms with Crippen molar-refractivity contribution in [2.24, 2.45) is 0 Å². The van der Waals surface area contributed by atoms with E-state index in [0.717, 1.165) is 28.5 Å². The lowest BCUT2D eigenvalue weighted by Gasteiger charge is -2.12. The van der Waals surface area contributed by atoms with Crippen molar-refractivity contribution in [2.45, 2.75) is 6.54 Å². The monoisotopic (exact) mass is 299 g/mol. The fourth-order valence-electron chi connectivity index (χ4n) is 2.00. The summed E-state index contributed by atoms with van der Waals surface area (Å²) in [6.07, 6.45) is 1.71. The summed E-state index contributed by atoms with van der Waals surface area (Å²) in [5.41, 5.74) is 2.14. The first kappa shape index (κ1) is 15.8. The summed E-state index contributed by atoms with van der Waals surface area (Å²) in [7, 11) is 3.29. The first-order valence-corrected chi connectivity index (χ1v) is 7.05. The molecule has 22 heavy (non-hydrogen) atoms. The van der Waals surface area contributed by atoms with Crippen LogP contribution in [-0.2, 0) is 6.54 Å². The quantitative estimate of drug-likeness (QED) is 0.751. The molecule has 0 heterocycles. The summed E-state index contributed by atoms with van der Waals surface area (Å²) >= 11 is 0. The van der Waals surface area contributed by atoms with Crippen LogP contribution < -0.4 is 19.5 Å². The van der Waals surface area contributed by atoms with Gasteiger partial charge in [0.25, 0.3) is 0 Å². The van der Waals surface area contributed by atoms with E-state index in [0.29, 0.717) is 13.2 Å². The van der Waals surface area contributed by atoms with Gasteiger partial charge in [0, 0.05) is 12.2 Å². The van der Waals surface area contributed by atoms with Crippen molar-refractivity contribution >= 4 is 5.69 Å². The number of nitrogens with one attached hydrogen (secondary N) is 1. The second-order valence-corrected chi connectivity index (χ2v) is 4.67. The van der Waals surface area contributed by atoms with E-state index >= 15 is 0 Å². The average molecular weight is 299 g/mol. The largest absolute Gasteiger partial charge is 0.497 e. The van der Waals surface area contributed by atoms with Gasteiger partial charge in [-0.1, -0.05) is 18.7 Å². The Bertz CT molecular complexity index is 608. The summed E-state index contributed by atoms with van der Waals surface area (Å²) in [6, 6.07) is 13.7. The lowest BCUT2D eigenvalue weighted by atomic mass is 10.2. The van der Waals surface area contributed by atoms with E-state index in [1.165, 1.54) is 0 Å². The number of anilines is 1. The first-order chi connectivity index (χ1) is 10.8. The fourth-order valence-corrected chi connectivity index (χ4v) is 2.00. The molecule has 1 N–H and O–H groups in total. The normalized spacial score (nSPS) is 9.91. The van der Waals surface area contributed by atoms with Crippen LogP contribution in [0, 0.1) is 0 Å². The molecule has 0 aliphatic heterocycles. The molecule has 0 unspecified atom stereocenters. The van der Waals surface area contributed by atoms with Crippen LogP contribution in [0.4, 0.5) is 5.69 Å². The van der Waals surface area contributed by atoms with Gasteiger partial charge in [-0.05, 0) is 42.0 Å². The summed E-state index contributed by atoms with van der Waals surface area (Å²) in [5, 5.41) is 3.36. The topological polar surface area (TPSA) is 39.7 Å². The van der Waals surface area contributed by atoms with Crippen LogP contribution in [-0.4, -0.2) is 20.8 Å². The highest BCUT2D eigenvalue weighted by Gasteiger charge is 2.05. The van der Waals surface area contributed by atoms with Crippen LogP contribution in [0.3, 0.4) is 0 Å². The molecule has 0 saturated carbocycles. The van der Waals surface area contributed by atoms with Gasteiger partial charge in [-0.3, -0.25) is 0 Å². The smallest absolute Gasteiger partial charge is 0.161 e. The molecule has 0 radical (unpaired) electrons. The highest BCUT2D eigenvalue weighted by Crippen LogP contribution is 2.28. The zero-order valence-electron chi connectivity index (χ0n) is 13.0. The van der Waals surface area contributed by atoms with E-state index in [1.54, 1.807) is 20.3 Å². The fraction of sp³-hybridized carbons (Fsp3) is 0.222. The summed E-state index contributed by atoms with van der Waals surface area (Å²) in [6.45, 7) is 4.80. The third-order valence-electron chi connectivity index (χ3n) is 3.17. The molecule has 0 aliphatic carbocycles. The molecule has 0 bridgehead atoms. The molecule has 4 nitrogen and oxygen atoms in total. The van der Waals surface area contributed by atoms with Gasteiger partial charge in [-0.25, -0.2) is 0 Å². The maximum absolute atomic E-state index is 5.54. The lowest BCUT2D eigenvalue weighted by Crippen LogP contribution is -2.01. The van der Waals surface area contributed by atoms with Crippen molar-refractivity contribution in [1.82, 2.24) is 0 Å².